The average Bonchev–Trinajstić information content (AvgIpc) is 3.47. The molecule has 6 nitrogen and oxygen atoms in total. The van der Waals surface area contributed by atoms with Gasteiger partial charge in [-0.15, -0.1) is 0 Å². The van der Waals surface area contributed by atoms with Crippen LogP contribution in [-0.2, 0) is 0 Å². The Hall–Kier alpha value is -11.3. The summed E-state index contributed by atoms with van der Waals surface area (Å²) in [7, 11) is 0. The van der Waals surface area contributed by atoms with Crippen LogP contribution in [0.5, 0.6) is 0 Å². The topological polar surface area (TPSA) is 78.8 Å². The fourth-order valence-electron chi connectivity index (χ4n) is 13.4. The highest BCUT2D eigenvalue weighted by molar-refractivity contribution is 6.25. The second kappa shape index (κ2) is 17.1. The van der Waals surface area contributed by atoms with E-state index in [0.717, 1.165) is 198 Å². The van der Waals surface area contributed by atoms with Gasteiger partial charge in [-0.1, -0.05) is 127 Å². The van der Waals surface area contributed by atoms with E-state index in [-0.39, 0.29) is 0 Å². The molecule has 0 saturated heterocycles. The molecule has 0 aliphatic rings. The van der Waals surface area contributed by atoms with Gasteiger partial charge in [-0.3, -0.25) is 0 Å². The van der Waals surface area contributed by atoms with Gasteiger partial charge in [-0.25, -0.2) is 0 Å². The van der Waals surface area contributed by atoms with Crippen LogP contribution in [0.3, 0.4) is 0 Å². The summed E-state index contributed by atoms with van der Waals surface area (Å²) in [6.45, 7) is 0. The zero-order valence-electron chi connectivity index (χ0n) is 44.7. The van der Waals surface area contributed by atoms with Crippen molar-refractivity contribution in [3.8, 4) is 66.8 Å². The standard InChI is InChI=1S/C78H42O6/c1-4-10-43(11-5-1)46-16-28-67-61(40-46)73-70(79-67)31-22-55-58-37-49(19-25-64(58)82-76(55)73)52-34-53(50-20-26-65-59(38-50)56-23-32-71-74(77(56)83-65)62-41-47(17-29-68(62)80-71)44-12-6-2-7-13-44)36-54(35-52)51-21-27-66-60(39-51)57-24-33-72-75(78(57)84-66)63-42-48(18-30-69(63)81-72)45-14-8-3-9-15-45/h1-42H. The molecule has 19 rings (SSSR count). The molecule has 6 aromatic heterocycles. The minimum atomic E-state index is 0.795. The van der Waals surface area contributed by atoms with Crippen LogP contribution in [0.15, 0.2) is 281 Å². The van der Waals surface area contributed by atoms with Gasteiger partial charge in [0.2, 0.25) is 0 Å². The van der Waals surface area contributed by atoms with Crippen molar-refractivity contribution in [2.45, 2.75) is 0 Å². The highest BCUT2D eigenvalue weighted by Crippen LogP contribution is 2.47. The Balaban J connectivity index is 0.790. The lowest BCUT2D eigenvalue weighted by molar-refractivity contribution is 0.662. The third kappa shape index (κ3) is 6.73. The van der Waals surface area contributed by atoms with Crippen molar-refractivity contribution in [1.29, 1.82) is 0 Å². The minimum absolute atomic E-state index is 0.795. The normalized spacial score (nSPS) is 12.3. The van der Waals surface area contributed by atoms with Crippen molar-refractivity contribution in [3.05, 3.63) is 255 Å². The summed E-state index contributed by atoms with van der Waals surface area (Å²) in [4.78, 5) is 0. The van der Waals surface area contributed by atoms with E-state index < -0.39 is 0 Å². The maximum Gasteiger partial charge on any atom is 0.147 e. The maximum absolute atomic E-state index is 6.84. The molecule has 19 aromatic rings. The first-order valence-electron chi connectivity index (χ1n) is 28.3. The van der Waals surface area contributed by atoms with Crippen molar-refractivity contribution in [2.75, 3.05) is 0 Å². The van der Waals surface area contributed by atoms with Crippen molar-refractivity contribution in [1.82, 2.24) is 0 Å². The Labute approximate surface area is 477 Å². The summed E-state index contributed by atoms with van der Waals surface area (Å²) in [6, 6.07) is 89.9. The molecule has 0 aliphatic heterocycles. The van der Waals surface area contributed by atoms with Gasteiger partial charge < -0.3 is 26.5 Å². The van der Waals surface area contributed by atoms with Gasteiger partial charge in [0.1, 0.15) is 67.0 Å². The summed E-state index contributed by atoms with van der Waals surface area (Å²) in [5.41, 5.74) is 23.0. The Kier molecular flexibility index (Phi) is 9.24. The van der Waals surface area contributed by atoms with Crippen LogP contribution in [0.1, 0.15) is 0 Å². The molecule has 0 bridgehead atoms. The van der Waals surface area contributed by atoms with E-state index >= 15 is 0 Å². The number of benzene rings is 13. The molecule has 13 aromatic carbocycles. The largest absolute Gasteiger partial charge is 0.456 e. The highest BCUT2D eigenvalue weighted by atomic mass is 16.4. The predicted octanol–water partition coefficient (Wildman–Crippen LogP) is 23.1. The van der Waals surface area contributed by atoms with Gasteiger partial charge in [0.25, 0.3) is 0 Å². The van der Waals surface area contributed by atoms with Gasteiger partial charge in [0.15, 0.2) is 0 Å². The van der Waals surface area contributed by atoms with E-state index in [1.807, 2.05) is 18.2 Å². The number of fused-ring (bicyclic) bond motifs is 21. The number of furan rings is 6. The Morgan fingerprint density at radius 1 is 0.143 bits per heavy atom. The molecule has 0 aliphatic carbocycles. The number of rotatable bonds is 6. The molecular weight excluding hydrogens is 1030 g/mol. The molecule has 6 heteroatoms. The molecule has 0 fully saturated rings. The minimum Gasteiger partial charge on any atom is -0.456 e. The van der Waals surface area contributed by atoms with Crippen LogP contribution in [0.25, 0.3) is 198 Å². The van der Waals surface area contributed by atoms with E-state index in [4.69, 9.17) is 26.5 Å². The maximum atomic E-state index is 6.84. The lowest BCUT2D eigenvalue weighted by atomic mass is 9.92. The van der Waals surface area contributed by atoms with Gasteiger partial charge in [0, 0.05) is 48.5 Å². The predicted molar refractivity (Wildman–Crippen MR) is 343 cm³/mol. The van der Waals surface area contributed by atoms with Gasteiger partial charge >= 0.3 is 0 Å². The van der Waals surface area contributed by atoms with Crippen LogP contribution in [0.2, 0.25) is 0 Å². The van der Waals surface area contributed by atoms with Gasteiger partial charge in [-0.05, 0) is 194 Å². The summed E-state index contributed by atoms with van der Waals surface area (Å²) in [5, 5.41) is 12.2. The molecule has 0 atom stereocenters. The molecule has 0 amide bonds. The van der Waals surface area contributed by atoms with Crippen LogP contribution in [0, 0.1) is 0 Å². The zero-order valence-corrected chi connectivity index (χ0v) is 44.7. The summed E-state index contributed by atoms with van der Waals surface area (Å²) < 4.78 is 39.9. The molecule has 6 heterocycles. The first-order valence-corrected chi connectivity index (χ1v) is 28.3. The SMILES string of the molecule is c1ccc(-c2ccc3oc4ccc5c6cc(-c7cc(-c8ccc9oc%10c(ccc%11oc%12ccc(-c%13ccccc%13)cc%12c%11%10)c9c8)cc(-c8ccc9oc%10c(ccc%11oc%12ccc(-c%13ccccc%13)cc%12c%11%10)c9c8)c7)ccc6oc5c4c3c2)cc1. The molecular formula is C78H42O6. The van der Waals surface area contributed by atoms with E-state index in [2.05, 4.69) is 237 Å². The highest BCUT2D eigenvalue weighted by Gasteiger charge is 2.22. The lowest BCUT2D eigenvalue weighted by Crippen LogP contribution is -1.87. The summed E-state index contributed by atoms with van der Waals surface area (Å²) in [6.07, 6.45) is 0. The van der Waals surface area contributed by atoms with Crippen molar-refractivity contribution >= 4 is 132 Å². The number of hydrogen-bond donors (Lipinski definition) is 0. The Bertz CT molecular complexity index is 5370. The van der Waals surface area contributed by atoms with Crippen LogP contribution < -0.4 is 0 Å². The Morgan fingerprint density at radius 3 is 0.667 bits per heavy atom. The average molecular weight is 1080 g/mol. The van der Waals surface area contributed by atoms with Crippen molar-refractivity contribution in [2.24, 2.45) is 0 Å². The molecule has 390 valence electrons. The third-order valence-corrected chi connectivity index (χ3v) is 17.5. The van der Waals surface area contributed by atoms with Crippen molar-refractivity contribution in [3.63, 3.8) is 0 Å². The molecule has 0 N–H and O–H groups in total. The fourth-order valence-corrected chi connectivity index (χ4v) is 13.4. The third-order valence-electron chi connectivity index (χ3n) is 17.5. The van der Waals surface area contributed by atoms with E-state index in [1.54, 1.807) is 0 Å². The van der Waals surface area contributed by atoms with Gasteiger partial charge in [-0.2, -0.15) is 0 Å². The van der Waals surface area contributed by atoms with E-state index in [1.165, 1.54) is 0 Å². The molecule has 0 saturated carbocycles. The second-order valence-corrected chi connectivity index (χ2v) is 22.2. The fraction of sp³-hybridized carbons (Fsp3) is 0. The van der Waals surface area contributed by atoms with Crippen LogP contribution in [-0.4, -0.2) is 0 Å². The zero-order chi connectivity index (χ0) is 54.7. The van der Waals surface area contributed by atoms with E-state index in [9.17, 15) is 0 Å². The Morgan fingerprint density at radius 2 is 0.381 bits per heavy atom. The second-order valence-electron chi connectivity index (χ2n) is 22.2. The van der Waals surface area contributed by atoms with Crippen LogP contribution in [0.4, 0.5) is 0 Å². The van der Waals surface area contributed by atoms with Gasteiger partial charge in [0.05, 0.1) is 16.2 Å². The summed E-state index contributed by atoms with van der Waals surface area (Å²) >= 11 is 0. The first kappa shape index (κ1) is 45.4. The molecule has 0 unspecified atom stereocenters. The first-order chi connectivity index (χ1) is 41.5. The quantitative estimate of drug-likeness (QED) is 0.165. The lowest BCUT2D eigenvalue weighted by Gasteiger charge is -2.12. The molecule has 0 radical (unpaired) electrons. The number of hydrogen-bond acceptors (Lipinski definition) is 6. The summed E-state index contributed by atoms with van der Waals surface area (Å²) in [5.74, 6) is 0. The van der Waals surface area contributed by atoms with E-state index in [0.29, 0.717) is 0 Å². The van der Waals surface area contributed by atoms with Crippen molar-refractivity contribution < 1.29 is 26.5 Å². The molecule has 84 heavy (non-hydrogen) atoms. The smallest absolute Gasteiger partial charge is 0.147 e. The monoisotopic (exact) mass is 1070 g/mol. The molecule has 0 spiro atoms. The van der Waals surface area contributed by atoms with Crippen LogP contribution >= 0.6 is 0 Å².